The van der Waals surface area contributed by atoms with Gasteiger partial charge in [-0.15, -0.1) is 11.8 Å². The normalized spacial score (nSPS) is 11.9. The molecule has 2 aromatic carbocycles. The SMILES string of the molecule is CCOC(OCC)c1ccc(CC(CO)(CO)Cc2ccc(SC)cc2)cc1. The van der Waals surface area contributed by atoms with Gasteiger partial charge in [0.25, 0.3) is 0 Å². The number of hydrogen-bond acceptors (Lipinski definition) is 5. The molecule has 0 heterocycles. The lowest BCUT2D eigenvalue weighted by molar-refractivity contribution is -0.140. The lowest BCUT2D eigenvalue weighted by Gasteiger charge is -2.30. The molecule has 4 nitrogen and oxygen atoms in total. The molecular weight excluding hydrogens is 372 g/mol. The molecule has 0 atom stereocenters. The van der Waals surface area contributed by atoms with E-state index in [1.165, 1.54) is 4.90 Å². The van der Waals surface area contributed by atoms with Crippen LogP contribution in [0.5, 0.6) is 0 Å². The van der Waals surface area contributed by atoms with E-state index in [9.17, 15) is 10.2 Å². The topological polar surface area (TPSA) is 58.9 Å². The van der Waals surface area contributed by atoms with Crippen molar-refractivity contribution in [1.82, 2.24) is 0 Å². The Morgan fingerprint density at radius 1 is 0.821 bits per heavy atom. The molecule has 0 saturated heterocycles. The molecule has 0 aliphatic heterocycles. The van der Waals surface area contributed by atoms with Gasteiger partial charge < -0.3 is 19.7 Å². The van der Waals surface area contributed by atoms with Crippen LogP contribution in [0.25, 0.3) is 0 Å². The smallest absolute Gasteiger partial charge is 0.183 e. The van der Waals surface area contributed by atoms with Gasteiger partial charge in [0.05, 0.1) is 13.2 Å². The first-order valence-corrected chi connectivity index (χ1v) is 11.0. The highest BCUT2D eigenvalue weighted by atomic mass is 32.2. The quantitative estimate of drug-likeness (QED) is 0.409. The Morgan fingerprint density at radius 2 is 1.29 bits per heavy atom. The van der Waals surface area contributed by atoms with Crippen LogP contribution < -0.4 is 0 Å². The van der Waals surface area contributed by atoms with Crippen molar-refractivity contribution in [2.75, 3.05) is 32.7 Å². The highest BCUT2D eigenvalue weighted by Crippen LogP contribution is 2.29. The van der Waals surface area contributed by atoms with Crippen LogP contribution in [0.2, 0.25) is 0 Å². The summed E-state index contributed by atoms with van der Waals surface area (Å²) in [4.78, 5) is 1.20. The molecule has 154 valence electrons. The lowest BCUT2D eigenvalue weighted by Crippen LogP contribution is -2.34. The Morgan fingerprint density at radius 3 is 1.68 bits per heavy atom. The third-order valence-corrected chi connectivity index (χ3v) is 5.62. The highest BCUT2D eigenvalue weighted by Gasteiger charge is 2.29. The largest absolute Gasteiger partial charge is 0.396 e. The monoisotopic (exact) mass is 404 g/mol. The van der Waals surface area contributed by atoms with Crippen molar-refractivity contribution in [3.8, 4) is 0 Å². The number of hydrogen-bond donors (Lipinski definition) is 2. The molecule has 2 aromatic rings. The van der Waals surface area contributed by atoms with E-state index in [1.54, 1.807) is 11.8 Å². The van der Waals surface area contributed by atoms with Gasteiger partial charge in [0.2, 0.25) is 0 Å². The zero-order chi connectivity index (χ0) is 20.4. The molecule has 0 radical (unpaired) electrons. The predicted octanol–water partition coefficient (Wildman–Crippen LogP) is 4.24. The first kappa shape index (κ1) is 22.9. The van der Waals surface area contributed by atoms with Crippen LogP contribution in [-0.4, -0.2) is 42.9 Å². The van der Waals surface area contributed by atoms with Gasteiger partial charge in [-0.05, 0) is 56.2 Å². The molecule has 0 spiro atoms. The zero-order valence-corrected chi connectivity index (χ0v) is 17.9. The van der Waals surface area contributed by atoms with Gasteiger partial charge in [-0.3, -0.25) is 0 Å². The van der Waals surface area contributed by atoms with Crippen molar-refractivity contribution in [1.29, 1.82) is 0 Å². The fraction of sp³-hybridized carbons (Fsp3) is 0.478. The summed E-state index contributed by atoms with van der Waals surface area (Å²) < 4.78 is 11.3. The van der Waals surface area contributed by atoms with Gasteiger partial charge in [-0.25, -0.2) is 0 Å². The molecule has 0 bridgehead atoms. The Balaban J connectivity index is 2.13. The van der Waals surface area contributed by atoms with E-state index >= 15 is 0 Å². The number of thioether (sulfide) groups is 1. The molecule has 28 heavy (non-hydrogen) atoms. The fourth-order valence-electron chi connectivity index (χ4n) is 3.28. The number of ether oxygens (including phenoxy) is 2. The van der Waals surface area contributed by atoms with Crippen molar-refractivity contribution in [3.63, 3.8) is 0 Å². The predicted molar refractivity (Wildman–Crippen MR) is 115 cm³/mol. The van der Waals surface area contributed by atoms with Crippen molar-refractivity contribution < 1.29 is 19.7 Å². The van der Waals surface area contributed by atoms with Crippen molar-refractivity contribution in [3.05, 3.63) is 65.2 Å². The second kappa shape index (κ2) is 11.6. The fourth-order valence-corrected chi connectivity index (χ4v) is 3.69. The van der Waals surface area contributed by atoms with Crippen LogP contribution in [0.1, 0.15) is 36.8 Å². The van der Waals surface area contributed by atoms with Crippen LogP contribution in [0.4, 0.5) is 0 Å². The van der Waals surface area contributed by atoms with E-state index < -0.39 is 5.41 Å². The summed E-state index contributed by atoms with van der Waals surface area (Å²) in [6.07, 6.45) is 2.90. The molecule has 0 aliphatic rings. The van der Waals surface area contributed by atoms with E-state index in [-0.39, 0.29) is 19.5 Å². The molecule has 0 aromatic heterocycles. The molecule has 5 heteroatoms. The molecule has 2 rings (SSSR count). The molecule has 0 aliphatic carbocycles. The third-order valence-electron chi connectivity index (χ3n) is 4.88. The summed E-state index contributed by atoms with van der Waals surface area (Å²) in [6.45, 7) is 4.91. The Kier molecular flexibility index (Phi) is 9.48. The van der Waals surface area contributed by atoms with E-state index in [0.29, 0.717) is 26.1 Å². The summed E-state index contributed by atoms with van der Waals surface area (Å²) in [5.74, 6) is 0. The minimum atomic E-state index is -0.596. The Hall–Kier alpha value is -1.37. The van der Waals surface area contributed by atoms with Crippen molar-refractivity contribution >= 4 is 11.8 Å². The summed E-state index contributed by atoms with van der Waals surface area (Å²) in [5.41, 5.74) is 2.56. The second-order valence-electron chi connectivity index (χ2n) is 7.00. The summed E-state index contributed by atoms with van der Waals surface area (Å²) in [6, 6.07) is 16.4. The summed E-state index contributed by atoms with van der Waals surface area (Å²) in [5, 5.41) is 20.2. The highest BCUT2D eigenvalue weighted by molar-refractivity contribution is 7.98. The van der Waals surface area contributed by atoms with Gasteiger partial charge in [0.1, 0.15) is 0 Å². The minimum absolute atomic E-state index is 0.0734. The number of aliphatic hydroxyl groups excluding tert-OH is 2. The van der Waals surface area contributed by atoms with Crippen LogP contribution >= 0.6 is 11.8 Å². The average Bonchev–Trinajstić information content (AvgIpc) is 2.74. The third kappa shape index (κ3) is 6.33. The first-order valence-electron chi connectivity index (χ1n) is 9.76. The second-order valence-corrected chi connectivity index (χ2v) is 7.88. The molecule has 0 saturated carbocycles. The van der Waals surface area contributed by atoms with Gasteiger partial charge >= 0.3 is 0 Å². The van der Waals surface area contributed by atoms with Crippen molar-refractivity contribution in [2.45, 2.75) is 37.9 Å². The van der Waals surface area contributed by atoms with Gasteiger partial charge in [0, 0.05) is 29.1 Å². The van der Waals surface area contributed by atoms with Gasteiger partial charge in [0.15, 0.2) is 6.29 Å². The van der Waals surface area contributed by atoms with Gasteiger partial charge in [-0.2, -0.15) is 0 Å². The zero-order valence-electron chi connectivity index (χ0n) is 17.1. The summed E-state index contributed by atoms with van der Waals surface area (Å²) >= 11 is 1.70. The van der Waals surface area contributed by atoms with Crippen LogP contribution in [-0.2, 0) is 22.3 Å². The van der Waals surface area contributed by atoms with Crippen LogP contribution in [0, 0.1) is 5.41 Å². The Bertz CT molecular complexity index is 675. The van der Waals surface area contributed by atoms with Crippen LogP contribution in [0.15, 0.2) is 53.4 Å². The van der Waals surface area contributed by atoms with E-state index in [1.807, 2.05) is 44.4 Å². The maximum Gasteiger partial charge on any atom is 0.183 e. The maximum absolute atomic E-state index is 10.1. The lowest BCUT2D eigenvalue weighted by atomic mass is 9.78. The van der Waals surface area contributed by atoms with Crippen molar-refractivity contribution in [2.24, 2.45) is 5.41 Å². The van der Waals surface area contributed by atoms with E-state index in [0.717, 1.165) is 16.7 Å². The number of benzene rings is 2. The minimum Gasteiger partial charge on any atom is -0.396 e. The molecule has 0 amide bonds. The maximum atomic E-state index is 10.1. The van der Waals surface area contributed by atoms with Gasteiger partial charge in [-0.1, -0.05) is 36.4 Å². The Labute approximate surface area is 172 Å². The first-order chi connectivity index (χ1) is 13.6. The average molecular weight is 405 g/mol. The molecule has 0 fully saturated rings. The molecular formula is C23H32O4S. The standard InChI is InChI=1S/C23H32O4S/c1-4-26-22(27-5-2)20-10-6-18(7-11-20)14-23(16-24,17-25)15-19-8-12-21(28-3)13-9-19/h6-13,22,24-25H,4-5,14-17H2,1-3H3. The number of rotatable bonds is 12. The number of aliphatic hydroxyl groups is 2. The molecule has 0 unspecified atom stereocenters. The van der Waals surface area contributed by atoms with Crippen LogP contribution in [0.3, 0.4) is 0 Å². The van der Waals surface area contributed by atoms with E-state index in [2.05, 4.69) is 24.3 Å². The summed E-state index contributed by atoms with van der Waals surface area (Å²) in [7, 11) is 0. The van der Waals surface area contributed by atoms with E-state index in [4.69, 9.17) is 9.47 Å². The molecule has 2 N–H and O–H groups in total.